The van der Waals surface area contributed by atoms with Crippen molar-refractivity contribution in [2.45, 2.75) is 39.7 Å². The first kappa shape index (κ1) is 13.5. The van der Waals surface area contributed by atoms with E-state index in [-0.39, 0.29) is 17.6 Å². The zero-order valence-corrected chi connectivity index (χ0v) is 11.3. The Morgan fingerprint density at radius 2 is 2.21 bits per heavy atom. The largest absolute Gasteiger partial charge is 0.488 e. The Morgan fingerprint density at radius 1 is 1.53 bits per heavy atom. The summed E-state index contributed by atoms with van der Waals surface area (Å²) in [5.41, 5.74) is 0.379. The van der Waals surface area contributed by atoms with Gasteiger partial charge in [-0.15, -0.1) is 0 Å². The first-order valence-corrected chi connectivity index (χ1v) is 6.33. The first-order valence-electron chi connectivity index (χ1n) is 6.33. The van der Waals surface area contributed by atoms with Crippen LogP contribution in [0.15, 0.2) is 18.2 Å². The van der Waals surface area contributed by atoms with Crippen molar-refractivity contribution in [1.82, 2.24) is 0 Å². The number of hydrogen-bond acceptors (Lipinski definition) is 4. The van der Waals surface area contributed by atoms with Crippen LogP contribution < -0.4 is 4.74 Å². The topological polar surface area (TPSA) is 69.4 Å². The number of hydrogen-bond donors (Lipinski definition) is 0. The number of non-ortho nitro benzene ring substituents is 1. The van der Waals surface area contributed by atoms with Crippen LogP contribution in [0.5, 0.6) is 5.75 Å². The fraction of sp³-hybridized carbons (Fsp3) is 0.500. The van der Waals surface area contributed by atoms with E-state index in [1.807, 2.05) is 20.8 Å². The van der Waals surface area contributed by atoms with Crippen LogP contribution in [0.1, 0.15) is 32.3 Å². The van der Waals surface area contributed by atoms with Gasteiger partial charge in [-0.1, -0.05) is 6.92 Å². The average molecular weight is 263 g/mol. The molecule has 2 atom stereocenters. The van der Waals surface area contributed by atoms with Crippen molar-refractivity contribution >= 4 is 11.5 Å². The summed E-state index contributed by atoms with van der Waals surface area (Å²) in [5, 5.41) is 10.8. The van der Waals surface area contributed by atoms with Crippen LogP contribution in [0.3, 0.4) is 0 Å². The lowest BCUT2D eigenvalue weighted by atomic mass is 9.64. The standard InChI is InChI=1S/C14H17NO4/c1-4-14(3)12(16)8-13(14)19-11-7-10(15(17)18)6-5-9(11)2/h5-7,13H,4,8H2,1-3H3. The summed E-state index contributed by atoms with van der Waals surface area (Å²) >= 11 is 0. The highest BCUT2D eigenvalue weighted by Gasteiger charge is 2.51. The second-order valence-corrected chi connectivity index (χ2v) is 5.21. The minimum absolute atomic E-state index is 0.00412. The molecule has 0 N–H and O–H groups in total. The number of ether oxygens (including phenoxy) is 1. The maximum absolute atomic E-state index is 11.7. The smallest absolute Gasteiger partial charge is 0.273 e. The van der Waals surface area contributed by atoms with Crippen LogP contribution in [0.2, 0.25) is 0 Å². The second-order valence-electron chi connectivity index (χ2n) is 5.21. The van der Waals surface area contributed by atoms with E-state index in [1.165, 1.54) is 12.1 Å². The van der Waals surface area contributed by atoms with E-state index in [0.29, 0.717) is 18.6 Å². The normalized spacial score (nSPS) is 25.8. The highest BCUT2D eigenvalue weighted by Crippen LogP contribution is 2.43. The summed E-state index contributed by atoms with van der Waals surface area (Å²) in [5.74, 6) is 0.689. The number of rotatable bonds is 4. The molecule has 0 amide bonds. The lowest BCUT2D eigenvalue weighted by molar-refractivity contribution is -0.385. The van der Waals surface area contributed by atoms with Crippen LogP contribution in [-0.4, -0.2) is 16.8 Å². The molecular formula is C14H17NO4. The minimum atomic E-state index is -0.461. The van der Waals surface area contributed by atoms with Gasteiger partial charge in [-0.05, 0) is 31.9 Å². The van der Waals surface area contributed by atoms with E-state index in [9.17, 15) is 14.9 Å². The zero-order chi connectivity index (χ0) is 14.2. The summed E-state index contributed by atoms with van der Waals surface area (Å²) in [6.07, 6.45) is 0.905. The third-order valence-corrected chi connectivity index (χ3v) is 4.10. The molecule has 2 unspecified atom stereocenters. The Morgan fingerprint density at radius 3 is 2.74 bits per heavy atom. The van der Waals surface area contributed by atoms with Crippen LogP contribution in [-0.2, 0) is 4.79 Å². The number of carbonyl (C=O) groups is 1. The van der Waals surface area contributed by atoms with Gasteiger partial charge in [0.1, 0.15) is 17.6 Å². The van der Waals surface area contributed by atoms with Crippen LogP contribution >= 0.6 is 0 Å². The van der Waals surface area contributed by atoms with E-state index in [1.54, 1.807) is 6.07 Å². The molecule has 19 heavy (non-hydrogen) atoms. The maximum atomic E-state index is 11.7. The van der Waals surface area contributed by atoms with Gasteiger partial charge in [0.25, 0.3) is 5.69 Å². The number of aryl methyl sites for hydroxylation is 1. The SMILES string of the molecule is CCC1(C)C(=O)CC1Oc1cc([N+](=O)[O-])ccc1C. The molecule has 1 aromatic carbocycles. The fourth-order valence-corrected chi connectivity index (χ4v) is 2.25. The molecule has 5 heteroatoms. The zero-order valence-electron chi connectivity index (χ0n) is 11.3. The predicted molar refractivity (Wildman–Crippen MR) is 70.3 cm³/mol. The van der Waals surface area contributed by atoms with Gasteiger partial charge < -0.3 is 4.74 Å². The van der Waals surface area contributed by atoms with E-state index in [4.69, 9.17) is 4.74 Å². The number of benzene rings is 1. The van der Waals surface area contributed by atoms with Crippen LogP contribution in [0, 0.1) is 22.5 Å². The molecule has 0 radical (unpaired) electrons. The molecular weight excluding hydrogens is 246 g/mol. The molecule has 5 nitrogen and oxygen atoms in total. The number of Topliss-reactive ketones (excluding diaryl/α,β-unsaturated/α-hetero) is 1. The van der Waals surface area contributed by atoms with Crippen LogP contribution in [0.25, 0.3) is 0 Å². The third kappa shape index (κ3) is 2.20. The van der Waals surface area contributed by atoms with Gasteiger partial charge in [-0.3, -0.25) is 14.9 Å². The maximum Gasteiger partial charge on any atom is 0.273 e. The lowest BCUT2D eigenvalue weighted by Gasteiger charge is -2.44. The van der Waals surface area contributed by atoms with E-state index < -0.39 is 10.3 Å². The van der Waals surface area contributed by atoms with Gasteiger partial charge in [0.05, 0.1) is 16.4 Å². The number of nitro groups is 1. The molecule has 0 spiro atoms. The van der Waals surface area contributed by atoms with Gasteiger partial charge in [0.15, 0.2) is 0 Å². The molecule has 0 aromatic heterocycles. The summed E-state index contributed by atoms with van der Waals surface area (Å²) in [4.78, 5) is 22.0. The molecule has 1 aliphatic rings. The van der Waals surface area contributed by atoms with Gasteiger partial charge in [0, 0.05) is 12.5 Å². The highest BCUT2D eigenvalue weighted by molar-refractivity contribution is 5.92. The van der Waals surface area contributed by atoms with E-state index >= 15 is 0 Å². The lowest BCUT2D eigenvalue weighted by Crippen LogP contribution is -2.54. The molecule has 1 fully saturated rings. The number of ketones is 1. The first-order chi connectivity index (χ1) is 8.88. The molecule has 1 saturated carbocycles. The molecule has 0 bridgehead atoms. The van der Waals surface area contributed by atoms with E-state index in [2.05, 4.69) is 0 Å². The Balaban J connectivity index is 2.22. The molecule has 102 valence electrons. The van der Waals surface area contributed by atoms with Crippen molar-refractivity contribution in [3.8, 4) is 5.75 Å². The summed E-state index contributed by atoms with van der Waals surface area (Å²) < 4.78 is 5.82. The minimum Gasteiger partial charge on any atom is -0.488 e. The molecule has 1 aromatic rings. The van der Waals surface area contributed by atoms with Gasteiger partial charge in [-0.25, -0.2) is 0 Å². The molecule has 1 aliphatic carbocycles. The van der Waals surface area contributed by atoms with Gasteiger partial charge >= 0.3 is 0 Å². The van der Waals surface area contributed by atoms with Gasteiger partial charge in [-0.2, -0.15) is 0 Å². The number of nitrogens with zero attached hydrogens (tertiary/aromatic N) is 1. The molecule has 2 rings (SSSR count). The van der Waals surface area contributed by atoms with E-state index in [0.717, 1.165) is 5.56 Å². The monoisotopic (exact) mass is 263 g/mol. The Labute approximate surface area is 111 Å². The van der Waals surface area contributed by atoms with Crippen molar-refractivity contribution < 1.29 is 14.5 Å². The molecule has 0 heterocycles. The second kappa shape index (κ2) is 4.64. The quantitative estimate of drug-likeness (QED) is 0.618. The van der Waals surface area contributed by atoms with Crippen molar-refractivity contribution in [3.63, 3.8) is 0 Å². The van der Waals surface area contributed by atoms with Crippen LogP contribution in [0.4, 0.5) is 5.69 Å². The average Bonchev–Trinajstić information content (AvgIpc) is 2.39. The number of nitro benzene ring substituents is 1. The third-order valence-electron chi connectivity index (χ3n) is 4.10. The van der Waals surface area contributed by atoms with Crippen molar-refractivity contribution in [2.75, 3.05) is 0 Å². The Bertz CT molecular complexity index is 540. The molecule has 0 aliphatic heterocycles. The van der Waals surface area contributed by atoms with Crippen molar-refractivity contribution in [2.24, 2.45) is 5.41 Å². The van der Waals surface area contributed by atoms with Crippen molar-refractivity contribution in [1.29, 1.82) is 0 Å². The predicted octanol–water partition coefficient (Wildman–Crippen LogP) is 3.04. The highest BCUT2D eigenvalue weighted by atomic mass is 16.6. The summed E-state index contributed by atoms with van der Waals surface area (Å²) in [6, 6.07) is 4.54. The summed E-state index contributed by atoms with van der Waals surface area (Å²) in [7, 11) is 0. The van der Waals surface area contributed by atoms with Gasteiger partial charge in [0.2, 0.25) is 0 Å². The fourth-order valence-electron chi connectivity index (χ4n) is 2.25. The Kier molecular flexibility index (Phi) is 3.30. The molecule has 0 saturated heterocycles. The number of carbonyl (C=O) groups excluding carboxylic acids is 1. The summed E-state index contributed by atoms with van der Waals surface area (Å²) in [6.45, 7) is 5.67. The van der Waals surface area contributed by atoms with Crippen molar-refractivity contribution in [3.05, 3.63) is 33.9 Å². The Hall–Kier alpha value is -1.91.